The Kier molecular flexibility index (Phi) is 4.51. The summed E-state index contributed by atoms with van der Waals surface area (Å²) in [6, 6.07) is 2.27. The molecule has 3 aromatic rings. The van der Waals surface area contributed by atoms with Crippen molar-refractivity contribution in [3.8, 4) is 5.69 Å². The molecule has 4 rings (SSSR count). The Morgan fingerprint density at radius 1 is 1.17 bits per heavy atom. The van der Waals surface area contributed by atoms with Crippen molar-refractivity contribution in [2.75, 3.05) is 17.7 Å². The summed E-state index contributed by atoms with van der Waals surface area (Å²) in [5.41, 5.74) is 0.197. The van der Waals surface area contributed by atoms with Gasteiger partial charge in [0.1, 0.15) is 12.1 Å². The minimum atomic E-state index is -4.37. The van der Waals surface area contributed by atoms with E-state index < -0.39 is 29.6 Å². The first kappa shape index (κ1) is 19.0. The van der Waals surface area contributed by atoms with Gasteiger partial charge in [0.15, 0.2) is 11.6 Å². The summed E-state index contributed by atoms with van der Waals surface area (Å²) >= 11 is 0. The van der Waals surface area contributed by atoms with Crippen LogP contribution in [0.1, 0.15) is 17.9 Å². The molecule has 2 N–H and O–H groups in total. The third-order valence-electron chi connectivity index (χ3n) is 4.55. The first-order valence-electron chi connectivity index (χ1n) is 8.38. The second-order valence-electron chi connectivity index (χ2n) is 6.40. The van der Waals surface area contributed by atoms with E-state index in [2.05, 4.69) is 36.1 Å². The van der Waals surface area contributed by atoms with E-state index in [4.69, 9.17) is 0 Å². The number of alkyl halides is 3. The molecule has 1 aliphatic rings. The maximum Gasteiger partial charge on any atom is 0.392 e. The van der Waals surface area contributed by atoms with Crippen LogP contribution in [0.4, 0.5) is 39.4 Å². The fourth-order valence-electron chi connectivity index (χ4n) is 3.06. The van der Waals surface area contributed by atoms with Gasteiger partial charge in [-0.2, -0.15) is 18.2 Å². The third kappa shape index (κ3) is 3.67. The Morgan fingerprint density at radius 3 is 2.59 bits per heavy atom. The summed E-state index contributed by atoms with van der Waals surface area (Å²) < 4.78 is 68.4. The molecule has 0 spiro atoms. The van der Waals surface area contributed by atoms with Crippen LogP contribution in [0.25, 0.3) is 5.69 Å². The van der Waals surface area contributed by atoms with Gasteiger partial charge in [-0.1, -0.05) is 0 Å². The number of rotatable bonds is 5. The summed E-state index contributed by atoms with van der Waals surface area (Å²) in [6.45, 7) is 0. The molecular weight excluding hydrogens is 399 g/mol. The zero-order valence-corrected chi connectivity index (χ0v) is 14.7. The van der Waals surface area contributed by atoms with Gasteiger partial charge >= 0.3 is 6.18 Å². The zero-order chi connectivity index (χ0) is 20.8. The third-order valence-corrected chi connectivity index (χ3v) is 4.55. The summed E-state index contributed by atoms with van der Waals surface area (Å²) in [5, 5.41) is 15.8. The number of tetrazole rings is 1. The summed E-state index contributed by atoms with van der Waals surface area (Å²) in [4.78, 5) is 7.59. The number of aromatic nitrogens is 6. The molecule has 0 bridgehead atoms. The summed E-state index contributed by atoms with van der Waals surface area (Å²) in [6.07, 6.45) is -2.42. The van der Waals surface area contributed by atoms with E-state index in [1.807, 2.05) is 0 Å². The van der Waals surface area contributed by atoms with Crippen LogP contribution >= 0.6 is 0 Å². The van der Waals surface area contributed by atoms with Gasteiger partial charge in [0.25, 0.3) is 0 Å². The molecule has 2 atom stereocenters. The van der Waals surface area contributed by atoms with Crippen molar-refractivity contribution in [2.45, 2.75) is 18.5 Å². The monoisotopic (exact) mass is 412 g/mol. The lowest BCUT2D eigenvalue weighted by atomic mass is 10.0. The Morgan fingerprint density at radius 2 is 1.97 bits per heavy atom. The van der Waals surface area contributed by atoms with Gasteiger partial charge in [0, 0.05) is 7.05 Å². The zero-order valence-electron chi connectivity index (χ0n) is 14.7. The molecule has 0 amide bonds. The van der Waals surface area contributed by atoms with E-state index in [-0.39, 0.29) is 35.1 Å². The van der Waals surface area contributed by atoms with Crippen molar-refractivity contribution in [1.82, 2.24) is 30.2 Å². The standard InChI is InChI=1S/C16H13F5N8/c1-22-14-11(18)5-23-15(26-14)25-12-4-13(29-6-24-27-28-29)8(3-10(12)17)7-2-9(7)16(19,20)21/h3-7,9H,2H2,1H3,(H2,22,23,25,26). The van der Waals surface area contributed by atoms with E-state index in [0.29, 0.717) is 0 Å². The number of nitrogens with one attached hydrogen (secondary N) is 2. The van der Waals surface area contributed by atoms with Crippen LogP contribution in [0.15, 0.2) is 24.7 Å². The highest BCUT2D eigenvalue weighted by Crippen LogP contribution is 2.57. The van der Waals surface area contributed by atoms with E-state index in [9.17, 15) is 22.0 Å². The Hall–Kier alpha value is -3.38. The summed E-state index contributed by atoms with van der Waals surface area (Å²) in [7, 11) is 1.45. The molecule has 1 saturated carbocycles. The van der Waals surface area contributed by atoms with Crippen molar-refractivity contribution in [2.24, 2.45) is 5.92 Å². The molecule has 29 heavy (non-hydrogen) atoms. The predicted molar refractivity (Wildman–Crippen MR) is 90.8 cm³/mol. The lowest BCUT2D eigenvalue weighted by molar-refractivity contribution is -0.148. The van der Waals surface area contributed by atoms with Crippen LogP contribution in [0.5, 0.6) is 0 Å². The van der Waals surface area contributed by atoms with Gasteiger partial charge in [0.2, 0.25) is 5.95 Å². The quantitative estimate of drug-likeness (QED) is 0.622. The molecule has 0 aliphatic heterocycles. The van der Waals surface area contributed by atoms with Gasteiger partial charge in [-0.25, -0.2) is 18.4 Å². The maximum atomic E-state index is 14.7. The minimum Gasteiger partial charge on any atom is -0.371 e. The second-order valence-corrected chi connectivity index (χ2v) is 6.40. The molecule has 2 aromatic heterocycles. The van der Waals surface area contributed by atoms with Gasteiger partial charge in [-0.3, -0.25) is 0 Å². The van der Waals surface area contributed by atoms with Crippen LogP contribution < -0.4 is 10.6 Å². The largest absolute Gasteiger partial charge is 0.392 e. The van der Waals surface area contributed by atoms with Crippen molar-refractivity contribution >= 4 is 17.5 Å². The molecule has 1 aliphatic carbocycles. The molecule has 2 heterocycles. The van der Waals surface area contributed by atoms with Gasteiger partial charge in [0.05, 0.1) is 23.5 Å². The normalized spacial score (nSPS) is 18.6. The maximum absolute atomic E-state index is 14.7. The highest BCUT2D eigenvalue weighted by molar-refractivity contribution is 5.62. The van der Waals surface area contributed by atoms with Crippen LogP contribution in [0.2, 0.25) is 0 Å². The van der Waals surface area contributed by atoms with E-state index >= 15 is 0 Å². The van der Waals surface area contributed by atoms with Crippen molar-refractivity contribution < 1.29 is 22.0 Å². The number of benzene rings is 1. The highest BCUT2D eigenvalue weighted by Gasteiger charge is 2.56. The van der Waals surface area contributed by atoms with Crippen LogP contribution in [0.3, 0.4) is 0 Å². The van der Waals surface area contributed by atoms with Crippen molar-refractivity contribution in [1.29, 1.82) is 0 Å². The van der Waals surface area contributed by atoms with Gasteiger partial charge < -0.3 is 10.6 Å². The Bertz CT molecular complexity index is 1040. The number of hydrogen-bond acceptors (Lipinski definition) is 7. The van der Waals surface area contributed by atoms with Crippen LogP contribution in [-0.4, -0.2) is 43.4 Å². The smallest absolute Gasteiger partial charge is 0.371 e. The average Bonchev–Trinajstić information content (AvgIpc) is 3.31. The number of anilines is 3. The minimum absolute atomic E-state index is 0.105. The van der Waals surface area contributed by atoms with E-state index in [0.717, 1.165) is 16.9 Å². The molecular formula is C16H13F5N8. The molecule has 1 fully saturated rings. The molecule has 2 unspecified atom stereocenters. The fourth-order valence-corrected chi connectivity index (χ4v) is 3.06. The second kappa shape index (κ2) is 6.90. The number of nitrogens with zero attached hydrogens (tertiary/aromatic N) is 6. The van der Waals surface area contributed by atoms with Crippen molar-refractivity contribution in [3.63, 3.8) is 0 Å². The molecule has 1 aromatic carbocycles. The van der Waals surface area contributed by atoms with Crippen LogP contribution in [0, 0.1) is 17.6 Å². The molecule has 8 nitrogen and oxygen atoms in total. The van der Waals surface area contributed by atoms with E-state index in [1.165, 1.54) is 19.4 Å². The molecule has 152 valence electrons. The predicted octanol–water partition coefficient (Wildman–Crippen LogP) is 3.18. The first-order valence-corrected chi connectivity index (χ1v) is 8.38. The van der Waals surface area contributed by atoms with E-state index in [1.54, 1.807) is 0 Å². The topological polar surface area (TPSA) is 93.4 Å². The van der Waals surface area contributed by atoms with Crippen LogP contribution in [-0.2, 0) is 0 Å². The Balaban J connectivity index is 1.72. The molecule has 13 heteroatoms. The molecule has 0 saturated heterocycles. The van der Waals surface area contributed by atoms with Gasteiger partial charge in [-0.05, 0) is 40.5 Å². The lowest BCUT2D eigenvalue weighted by Crippen LogP contribution is -2.13. The lowest BCUT2D eigenvalue weighted by Gasteiger charge is -2.14. The SMILES string of the molecule is CNc1nc(Nc2cc(-n3cnnn3)c(C3CC3C(F)(F)F)cc2F)ncc1F. The first-order chi connectivity index (χ1) is 13.8. The summed E-state index contributed by atoms with van der Waals surface area (Å²) in [5.74, 6) is -4.17. The molecule has 0 radical (unpaired) electrons. The van der Waals surface area contributed by atoms with Crippen molar-refractivity contribution in [3.05, 3.63) is 41.9 Å². The Labute approximate surface area is 160 Å². The number of halogens is 5. The number of hydrogen-bond donors (Lipinski definition) is 2. The highest BCUT2D eigenvalue weighted by atomic mass is 19.4. The van der Waals surface area contributed by atoms with Gasteiger partial charge in [-0.15, -0.1) is 5.10 Å². The average molecular weight is 412 g/mol. The fraction of sp³-hybridized carbons (Fsp3) is 0.312.